The molecule has 0 radical (unpaired) electrons. The highest BCUT2D eigenvalue weighted by Gasteiger charge is 2.05. The number of benzene rings is 2. The van der Waals surface area contributed by atoms with Gasteiger partial charge >= 0.3 is 5.97 Å². The Morgan fingerprint density at radius 3 is 2.25 bits per heavy atom. The van der Waals surface area contributed by atoms with Crippen molar-refractivity contribution in [3.8, 4) is 5.75 Å². The second kappa shape index (κ2) is 8.47. The number of aryl methyl sites for hydroxylation is 3. The lowest BCUT2D eigenvalue weighted by Gasteiger charge is -2.09. The van der Waals surface area contributed by atoms with Crippen LogP contribution in [0.3, 0.4) is 0 Å². The van der Waals surface area contributed by atoms with Crippen molar-refractivity contribution < 1.29 is 24.9 Å². The number of aliphatic hydroxyl groups excluding tert-OH is 1. The molecule has 2 rings (SSSR count). The van der Waals surface area contributed by atoms with Crippen molar-refractivity contribution >= 4 is 5.97 Å². The number of rotatable bonds is 8. The van der Waals surface area contributed by atoms with Gasteiger partial charge in [0, 0.05) is 5.56 Å². The first-order chi connectivity index (χ1) is 11.5. The molecule has 0 fully saturated rings. The van der Waals surface area contributed by atoms with Crippen LogP contribution in [0.4, 0.5) is 0 Å². The summed E-state index contributed by atoms with van der Waals surface area (Å²) in [5.41, 5.74) is 3.75. The summed E-state index contributed by atoms with van der Waals surface area (Å²) in [6, 6.07) is 13.0. The first-order valence-electron chi connectivity index (χ1n) is 7.85. The maximum absolute atomic E-state index is 10.5. The van der Waals surface area contributed by atoms with Crippen LogP contribution in [0.25, 0.3) is 0 Å². The summed E-state index contributed by atoms with van der Waals surface area (Å²) < 4.78 is 5.22. The Morgan fingerprint density at radius 1 is 1.04 bits per heavy atom. The van der Waals surface area contributed by atoms with Crippen molar-refractivity contribution in [2.24, 2.45) is 0 Å². The molecule has 3 N–H and O–H groups in total. The maximum atomic E-state index is 10.5. The normalized spacial score (nSPS) is 10.8. The Kier molecular flexibility index (Phi) is 6.35. The third-order valence-corrected chi connectivity index (χ3v) is 3.80. The number of hydrogen-bond acceptors (Lipinski definition) is 4. The number of carbonyl (C=O) groups is 1. The Morgan fingerprint density at radius 2 is 1.67 bits per heavy atom. The van der Waals surface area contributed by atoms with Gasteiger partial charge in [-0.15, -0.1) is 0 Å². The Labute approximate surface area is 141 Å². The van der Waals surface area contributed by atoms with Gasteiger partial charge in [-0.1, -0.05) is 36.4 Å². The molecule has 5 heteroatoms. The number of carboxylic acid groups (broad SMARTS) is 1. The van der Waals surface area contributed by atoms with Gasteiger partial charge in [-0.25, -0.2) is 4.79 Å². The van der Waals surface area contributed by atoms with Gasteiger partial charge in [-0.05, 0) is 48.9 Å². The molecule has 0 unspecified atom stereocenters. The van der Waals surface area contributed by atoms with E-state index < -0.39 is 12.3 Å². The van der Waals surface area contributed by atoms with E-state index in [1.54, 1.807) is 12.1 Å². The highest BCUT2D eigenvalue weighted by Crippen LogP contribution is 2.20. The first-order valence-corrected chi connectivity index (χ1v) is 7.85. The van der Waals surface area contributed by atoms with E-state index in [0.717, 1.165) is 30.4 Å². The number of ether oxygens (including phenoxy) is 1. The molecular weight excluding hydrogens is 308 g/mol. The smallest absolute Gasteiger partial charge is 0.341 e. The van der Waals surface area contributed by atoms with Gasteiger partial charge in [0.2, 0.25) is 0 Å². The monoisotopic (exact) mass is 330 g/mol. The molecule has 2 aromatic rings. The predicted octanol–water partition coefficient (Wildman–Crippen LogP) is 2.62. The molecule has 5 nitrogen and oxygen atoms in total. The van der Waals surface area contributed by atoms with Gasteiger partial charge in [0.15, 0.2) is 12.9 Å². The van der Waals surface area contributed by atoms with E-state index in [2.05, 4.69) is 0 Å². The zero-order valence-corrected chi connectivity index (χ0v) is 13.6. The molecule has 0 bridgehead atoms. The number of aliphatic carboxylic acids is 1. The molecule has 0 heterocycles. The molecule has 2 aromatic carbocycles. The third kappa shape index (κ3) is 5.37. The summed E-state index contributed by atoms with van der Waals surface area (Å²) >= 11 is 0. The molecule has 0 spiro atoms. The Hall–Kier alpha value is -2.37. The van der Waals surface area contributed by atoms with Crippen LogP contribution in [0, 0.1) is 6.92 Å². The Balaban J connectivity index is 1.85. The minimum Gasteiger partial charge on any atom is -0.482 e. The summed E-state index contributed by atoms with van der Waals surface area (Å²) in [6.45, 7) is 1.57. The standard InChI is InChI=1S/C19H22O5/c1-13-11-15(7-10-17(13)24-12-18(20)21)4-2-3-14-5-8-16(9-6-14)19(22)23/h5-11,19,22-23H,2-4,12H2,1H3,(H,20,21). The highest BCUT2D eigenvalue weighted by atomic mass is 16.5. The molecule has 128 valence electrons. The number of hydrogen-bond donors (Lipinski definition) is 3. The van der Waals surface area contributed by atoms with Crippen molar-refractivity contribution in [2.75, 3.05) is 6.61 Å². The lowest BCUT2D eigenvalue weighted by atomic mass is 10.0. The van der Waals surface area contributed by atoms with Crippen LogP contribution in [0.15, 0.2) is 42.5 Å². The quantitative estimate of drug-likeness (QED) is 0.648. The molecule has 0 aromatic heterocycles. The van der Waals surface area contributed by atoms with Crippen LogP contribution in [-0.4, -0.2) is 27.9 Å². The van der Waals surface area contributed by atoms with E-state index >= 15 is 0 Å². The van der Waals surface area contributed by atoms with Gasteiger partial charge in [-0.2, -0.15) is 0 Å². The molecule has 24 heavy (non-hydrogen) atoms. The van der Waals surface area contributed by atoms with Crippen LogP contribution >= 0.6 is 0 Å². The SMILES string of the molecule is Cc1cc(CCCc2ccc(C(O)O)cc2)ccc1OCC(=O)O. The minimum absolute atomic E-state index is 0.335. The van der Waals surface area contributed by atoms with Crippen molar-refractivity contribution in [1.29, 1.82) is 0 Å². The molecule has 0 aliphatic carbocycles. The second-order valence-electron chi connectivity index (χ2n) is 5.75. The average molecular weight is 330 g/mol. The molecule has 0 aliphatic heterocycles. The zero-order valence-electron chi connectivity index (χ0n) is 13.6. The van der Waals surface area contributed by atoms with Crippen LogP contribution in [-0.2, 0) is 17.6 Å². The Bertz CT molecular complexity index is 677. The third-order valence-electron chi connectivity index (χ3n) is 3.80. The van der Waals surface area contributed by atoms with Crippen LogP contribution in [0.5, 0.6) is 5.75 Å². The van der Waals surface area contributed by atoms with Crippen LogP contribution in [0.2, 0.25) is 0 Å². The molecule has 0 amide bonds. The van der Waals surface area contributed by atoms with Gasteiger partial charge in [-0.3, -0.25) is 0 Å². The van der Waals surface area contributed by atoms with E-state index in [-0.39, 0.29) is 6.61 Å². The number of aliphatic hydroxyl groups is 2. The van der Waals surface area contributed by atoms with Gasteiger partial charge in [0.1, 0.15) is 5.75 Å². The summed E-state index contributed by atoms with van der Waals surface area (Å²) in [5, 5.41) is 26.8. The van der Waals surface area contributed by atoms with E-state index in [4.69, 9.17) is 20.1 Å². The van der Waals surface area contributed by atoms with E-state index in [9.17, 15) is 4.79 Å². The molecule has 0 saturated heterocycles. The van der Waals surface area contributed by atoms with E-state index in [1.807, 2.05) is 37.3 Å². The number of carboxylic acids is 1. The molecule has 0 saturated carbocycles. The van der Waals surface area contributed by atoms with Crippen LogP contribution < -0.4 is 4.74 Å². The minimum atomic E-state index is -1.43. The fourth-order valence-corrected chi connectivity index (χ4v) is 2.52. The topological polar surface area (TPSA) is 87.0 Å². The summed E-state index contributed by atoms with van der Waals surface area (Å²) in [6.07, 6.45) is 1.35. The summed E-state index contributed by atoms with van der Waals surface area (Å²) in [7, 11) is 0. The van der Waals surface area contributed by atoms with Crippen LogP contribution in [0.1, 0.15) is 35.0 Å². The van der Waals surface area contributed by atoms with Crippen molar-refractivity contribution in [3.63, 3.8) is 0 Å². The highest BCUT2D eigenvalue weighted by molar-refractivity contribution is 5.68. The fourth-order valence-electron chi connectivity index (χ4n) is 2.52. The van der Waals surface area contributed by atoms with Crippen molar-refractivity contribution in [2.45, 2.75) is 32.5 Å². The zero-order chi connectivity index (χ0) is 17.5. The van der Waals surface area contributed by atoms with Crippen molar-refractivity contribution in [1.82, 2.24) is 0 Å². The summed E-state index contributed by atoms with van der Waals surface area (Å²) in [4.78, 5) is 10.5. The first kappa shape index (κ1) is 18.0. The molecular formula is C19H22O5. The van der Waals surface area contributed by atoms with E-state index in [0.29, 0.717) is 11.3 Å². The van der Waals surface area contributed by atoms with Gasteiger partial charge in [0.05, 0.1) is 0 Å². The second-order valence-corrected chi connectivity index (χ2v) is 5.75. The fraction of sp³-hybridized carbons (Fsp3) is 0.316. The lowest BCUT2D eigenvalue weighted by molar-refractivity contribution is -0.139. The van der Waals surface area contributed by atoms with E-state index in [1.165, 1.54) is 5.56 Å². The maximum Gasteiger partial charge on any atom is 0.341 e. The molecule has 0 atom stereocenters. The van der Waals surface area contributed by atoms with Gasteiger partial charge in [0.25, 0.3) is 0 Å². The van der Waals surface area contributed by atoms with Gasteiger partial charge < -0.3 is 20.1 Å². The largest absolute Gasteiger partial charge is 0.482 e. The predicted molar refractivity (Wildman–Crippen MR) is 90.0 cm³/mol. The molecule has 0 aliphatic rings. The van der Waals surface area contributed by atoms with Crippen molar-refractivity contribution in [3.05, 3.63) is 64.7 Å². The summed E-state index contributed by atoms with van der Waals surface area (Å²) in [5.74, 6) is -0.391. The lowest BCUT2D eigenvalue weighted by Crippen LogP contribution is -2.10. The average Bonchev–Trinajstić information content (AvgIpc) is 2.54.